The SMILES string of the molecule is CNS(=O)(=O)CC1CCC(N(C)c2ncnc3c2ccn3COC2=C(C(=O)Nc3ncc(C)s3)N(C)S(=O)(=O)c3ccccc32)CC1. The van der Waals surface area contributed by atoms with Gasteiger partial charge in [0.2, 0.25) is 10.0 Å². The Kier molecular flexibility index (Phi) is 8.99. The number of carbonyl (C=O) groups excluding carboxylic acids is 1. The Morgan fingerprint density at radius 1 is 1.13 bits per heavy atom. The van der Waals surface area contributed by atoms with Crippen molar-refractivity contribution in [3.63, 3.8) is 0 Å². The molecular weight excluding hydrogens is 665 g/mol. The summed E-state index contributed by atoms with van der Waals surface area (Å²) in [7, 11) is -2.53. The molecule has 0 spiro atoms. The first-order chi connectivity index (χ1) is 22.4. The molecule has 1 fully saturated rings. The lowest BCUT2D eigenvalue weighted by atomic mass is 9.86. The number of hydrogen-bond acceptors (Lipinski definition) is 11. The fraction of sp³-hybridized carbons (Fsp3) is 0.400. The number of benzene rings is 1. The van der Waals surface area contributed by atoms with Crippen molar-refractivity contribution in [3.05, 3.63) is 65.2 Å². The third-order valence-corrected chi connectivity index (χ3v) is 12.9. The van der Waals surface area contributed by atoms with E-state index in [0.29, 0.717) is 10.8 Å². The van der Waals surface area contributed by atoms with Gasteiger partial charge in [0.05, 0.1) is 16.0 Å². The summed E-state index contributed by atoms with van der Waals surface area (Å²) in [5.41, 5.74) is 0.711. The minimum atomic E-state index is -4.03. The maximum atomic E-state index is 13.6. The number of fused-ring (bicyclic) bond motifs is 2. The molecule has 0 saturated heterocycles. The zero-order valence-corrected chi connectivity index (χ0v) is 28.8. The number of aromatic nitrogens is 4. The van der Waals surface area contributed by atoms with Gasteiger partial charge < -0.3 is 9.64 Å². The smallest absolute Gasteiger partial charge is 0.278 e. The van der Waals surface area contributed by atoms with Crippen LogP contribution in [-0.2, 0) is 36.3 Å². The van der Waals surface area contributed by atoms with Crippen molar-refractivity contribution in [1.82, 2.24) is 28.5 Å². The number of likely N-dealkylation sites (N-methyl/N-ethyl adjacent to an activating group) is 1. The number of hydrogen-bond donors (Lipinski definition) is 2. The molecule has 0 radical (unpaired) electrons. The van der Waals surface area contributed by atoms with E-state index in [1.54, 1.807) is 29.0 Å². The molecule has 0 unspecified atom stereocenters. The maximum Gasteiger partial charge on any atom is 0.278 e. The molecule has 2 N–H and O–H groups in total. The van der Waals surface area contributed by atoms with Crippen LogP contribution in [0.3, 0.4) is 0 Å². The minimum absolute atomic E-state index is 0.0287. The second-order valence-electron chi connectivity index (χ2n) is 11.6. The minimum Gasteiger partial charge on any atom is -0.470 e. The van der Waals surface area contributed by atoms with Gasteiger partial charge in [-0.05, 0) is 63.8 Å². The molecule has 14 nitrogen and oxygen atoms in total. The van der Waals surface area contributed by atoms with Gasteiger partial charge in [-0.25, -0.2) is 36.5 Å². The van der Waals surface area contributed by atoms with Gasteiger partial charge in [-0.1, -0.05) is 12.1 Å². The zero-order valence-electron chi connectivity index (χ0n) is 26.4. The van der Waals surface area contributed by atoms with E-state index in [1.165, 1.54) is 37.8 Å². The van der Waals surface area contributed by atoms with Crippen LogP contribution in [0.1, 0.15) is 36.1 Å². The average Bonchev–Trinajstić information content (AvgIpc) is 3.67. The van der Waals surface area contributed by atoms with Crippen LogP contribution in [0.15, 0.2) is 59.6 Å². The van der Waals surface area contributed by atoms with E-state index in [0.717, 1.165) is 46.1 Å². The molecule has 17 heteroatoms. The second kappa shape index (κ2) is 12.9. The van der Waals surface area contributed by atoms with E-state index in [-0.39, 0.29) is 46.4 Å². The quantitative estimate of drug-likeness (QED) is 0.250. The summed E-state index contributed by atoms with van der Waals surface area (Å²) in [5, 5.41) is 3.85. The van der Waals surface area contributed by atoms with Gasteiger partial charge in [-0.3, -0.25) is 19.0 Å². The molecule has 1 amide bonds. The normalized spacial score (nSPS) is 19.4. The number of nitrogens with one attached hydrogen (secondary N) is 2. The topological polar surface area (TPSA) is 169 Å². The standard InChI is InChI=1S/C30H36N8O6S3/c1-19-15-32-30(45-19)35-29(39)25-26(22-7-5-6-8-24(22)47(42,43)37(25)4)44-18-38-14-13-23-27(33-17-34-28(23)38)36(3)21-11-9-20(10-12-21)16-46(40,41)31-2/h5-8,13-15,17,20-21,31H,9-12,16,18H2,1-4H3,(H,32,35,39). The number of sulfonamides is 2. The van der Waals surface area contributed by atoms with Gasteiger partial charge in [0.25, 0.3) is 15.9 Å². The largest absolute Gasteiger partial charge is 0.470 e. The molecule has 6 rings (SSSR count). The molecule has 2 aliphatic rings. The van der Waals surface area contributed by atoms with Crippen LogP contribution in [0.4, 0.5) is 10.9 Å². The number of nitrogens with zero attached hydrogens (tertiary/aromatic N) is 6. The maximum absolute atomic E-state index is 13.6. The monoisotopic (exact) mass is 700 g/mol. The van der Waals surface area contributed by atoms with Gasteiger partial charge in [-0.15, -0.1) is 11.3 Å². The van der Waals surface area contributed by atoms with Gasteiger partial charge >= 0.3 is 0 Å². The van der Waals surface area contributed by atoms with Crippen LogP contribution in [0.2, 0.25) is 0 Å². The molecule has 4 aromatic rings. The van der Waals surface area contributed by atoms with Crippen molar-refractivity contribution in [2.24, 2.45) is 5.92 Å². The Hall–Kier alpha value is -4.06. The van der Waals surface area contributed by atoms with E-state index >= 15 is 0 Å². The predicted molar refractivity (Wildman–Crippen MR) is 179 cm³/mol. The molecule has 4 heterocycles. The van der Waals surface area contributed by atoms with E-state index < -0.39 is 26.0 Å². The van der Waals surface area contributed by atoms with E-state index in [2.05, 4.69) is 29.9 Å². The Balaban J connectivity index is 1.27. The molecule has 250 valence electrons. The summed E-state index contributed by atoms with van der Waals surface area (Å²) in [4.78, 5) is 29.9. The van der Waals surface area contributed by atoms with Crippen LogP contribution in [-0.4, -0.2) is 79.5 Å². The van der Waals surface area contributed by atoms with Crippen LogP contribution in [0.5, 0.6) is 0 Å². The van der Waals surface area contributed by atoms with Crippen molar-refractivity contribution in [2.45, 2.75) is 50.3 Å². The molecule has 0 bridgehead atoms. The average molecular weight is 701 g/mol. The molecular formula is C30H36N8O6S3. The first kappa shape index (κ1) is 32.9. The third-order valence-electron chi connectivity index (χ3n) is 8.70. The van der Waals surface area contributed by atoms with Crippen molar-refractivity contribution >= 4 is 65.0 Å². The summed E-state index contributed by atoms with van der Waals surface area (Å²) < 4.78 is 62.4. The molecule has 1 saturated carbocycles. The second-order valence-corrected chi connectivity index (χ2v) is 16.8. The van der Waals surface area contributed by atoms with Gasteiger partial charge in [0.15, 0.2) is 23.3 Å². The number of anilines is 2. The van der Waals surface area contributed by atoms with Crippen LogP contribution in [0.25, 0.3) is 16.8 Å². The van der Waals surface area contributed by atoms with Crippen molar-refractivity contribution in [1.29, 1.82) is 0 Å². The Morgan fingerprint density at radius 3 is 2.57 bits per heavy atom. The fourth-order valence-corrected chi connectivity index (χ4v) is 9.32. The molecule has 1 aliphatic carbocycles. The number of thiazole rings is 1. The third kappa shape index (κ3) is 6.44. The van der Waals surface area contributed by atoms with Crippen LogP contribution in [0, 0.1) is 12.8 Å². The summed E-state index contributed by atoms with van der Waals surface area (Å²) >= 11 is 1.27. The van der Waals surface area contributed by atoms with E-state index in [4.69, 9.17) is 4.74 Å². The number of aryl methyl sites for hydroxylation is 1. The number of amides is 1. The predicted octanol–water partition coefficient (Wildman–Crippen LogP) is 3.36. The first-order valence-corrected chi connectivity index (χ1v) is 18.9. The first-order valence-electron chi connectivity index (χ1n) is 15.0. The molecule has 1 aliphatic heterocycles. The number of carbonyl (C=O) groups is 1. The van der Waals surface area contributed by atoms with Gasteiger partial charge in [0.1, 0.15) is 17.8 Å². The van der Waals surface area contributed by atoms with Gasteiger partial charge in [-0.2, -0.15) is 0 Å². The Bertz CT molecular complexity index is 2070. The van der Waals surface area contributed by atoms with E-state index in [9.17, 15) is 21.6 Å². The lowest BCUT2D eigenvalue weighted by Crippen LogP contribution is -2.38. The highest BCUT2D eigenvalue weighted by molar-refractivity contribution is 7.89. The highest BCUT2D eigenvalue weighted by Crippen LogP contribution is 2.38. The van der Waals surface area contributed by atoms with Crippen LogP contribution < -0.4 is 14.9 Å². The molecule has 3 aromatic heterocycles. The molecule has 1 aromatic carbocycles. The fourth-order valence-electron chi connectivity index (χ4n) is 6.15. The summed E-state index contributed by atoms with van der Waals surface area (Å²) in [5.74, 6) is 0.432. The lowest BCUT2D eigenvalue weighted by molar-refractivity contribution is -0.113. The van der Waals surface area contributed by atoms with Crippen molar-refractivity contribution < 1.29 is 26.4 Å². The highest BCUT2D eigenvalue weighted by Gasteiger charge is 2.39. The Labute approximate surface area is 277 Å². The summed E-state index contributed by atoms with van der Waals surface area (Å²) in [6.45, 7) is 1.79. The van der Waals surface area contributed by atoms with E-state index in [1.807, 2.05) is 26.2 Å². The Morgan fingerprint density at radius 2 is 1.87 bits per heavy atom. The number of rotatable bonds is 10. The van der Waals surface area contributed by atoms with Crippen LogP contribution >= 0.6 is 11.3 Å². The number of ether oxygens (including phenoxy) is 1. The summed E-state index contributed by atoms with van der Waals surface area (Å²) in [6, 6.07) is 8.49. The van der Waals surface area contributed by atoms with Crippen molar-refractivity contribution in [3.8, 4) is 0 Å². The molecule has 0 atom stereocenters. The van der Waals surface area contributed by atoms with Gasteiger partial charge in [0, 0.05) is 43.0 Å². The zero-order chi connectivity index (χ0) is 33.5. The van der Waals surface area contributed by atoms with Crippen molar-refractivity contribution in [2.75, 3.05) is 37.1 Å². The lowest BCUT2D eigenvalue weighted by Gasteiger charge is -2.35. The summed E-state index contributed by atoms with van der Waals surface area (Å²) in [6.07, 6.45) is 8.20. The molecule has 47 heavy (non-hydrogen) atoms. The highest BCUT2D eigenvalue weighted by atomic mass is 32.2.